The number of benzene rings is 3. The molecule has 1 aromatic heterocycles. The Morgan fingerprint density at radius 3 is 2.39 bits per heavy atom. The molecular formula is C25H19BrN2O4S. The minimum atomic E-state index is -4.08. The number of rotatable bonds is 3. The summed E-state index contributed by atoms with van der Waals surface area (Å²) in [5.41, 5.74) is 7.48. The molecule has 3 aromatic carbocycles. The molecule has 33 heavy (non-hydrogen) atoms. The lowest BCUT2D eigenvalue weighted by Gasteiger charge is -2.30. The molecule has 1 atom stereocenters. The molecule has 0 radical (unpaired) electrons. The molecule has 4 aromatic rings. The van der Waals surface area contributed by atoms with Crippen LogP contribution in [0.5, 0.6) is 5.75 Å². The van der Waals surface area contributed by atoms with Crippen LogP contribution in [0.15, 0.2) is 104 Å². The minimum Gasteiger partial charge on any atom is -0.439 e. The van der Waals surface area contributed by atoms with Crippen molar-refractivity contribution in [2.45, 2.75) is 10.8 Å². The lowest BCUT2D eigenvalue weighted by Crippen LogP contribution is -2.33. The number of fused-ring (bicyclic) bond motifs is 3. The van der Waals surface area contributed by atoms with Crippen molar-refractivity contribution in [2.24, 2.45) is 12.8 Å². The molecule has 0 saturated carbocycles. The van der Waals surface area contributed by atoms with Crippen LogP contribution in [0.4, 0.5) is 0 Å². The van der Waals surface area contributed by atoms with Crippen molar-refractivity contribution in [1.82, 2.24) is 4.57 Å². The van der Waals surface area contributed by atoms with E-state index in [9.17, 15) is 13.2 Å². The zero-order chi connectivity index (χ0) is 23.3. The quantitative estimate of drug-likeness (QED) is 0.429. The predicted octanol–water partition coefficient (Wildman–Crippen LogP) is 4.43. The number of sulfone groups is 1. The van der Waals surface area contributed by atoms with Gasteiger partial charge in [0.05, 0.1) is 21.9 Å². The zero-order valence-electron chi connectivity index (χ0n) is 17.5. The van der Waals surface area contributed by atoms with E-state index in [1.165, 1.54) is 16.7 Å². The van der Waals surface area contributed by atoms with E-state index in [0.717, 1.165) is 4.47 Å². The van der Waals surface area contributed by atoms with E-state index in [4.69, 9.17) is 10.5 Å². The number of hydrogen-bond donors (Lipinski definition) is 1. The second-order valence-corrected chi connectivity index (χ2v) is 10.6. The van der Waals surface area contributed by atoms with Gasteiger partial charge in [-0.15, -0.1) is 0 Å². The number of aryl methyl sites for hydroxylation is 1. The lowest BCUT2D eigenvalue weighted by atomic mass is 9.88. The predicted molar refractivity (Wildman–Crippen MR) is 131 cm³/mol. The Kier molecular flexibility index (Phi) is 5.14. The van der Waals surface area contributed by atoms with Crippen LogP contribution in [-0.4, -0.2) is 13.0 Å². The maximum absolute atomic E-state index is 13.8. The number of hydrogen-bond acceptors (Lipinski definition) is 5. The summed E-state index contributed by atoms with van der Waals surface area (Å²) in [6, 6.07) is 22.5. The molecule has 0 saturated heterocycles. The summed E-state index contributed by atoms with van der Waals surface area (Å²) in [5, 5.41) is 0.675. The molecule has 0 aliphatic carbocycles. The van der Waals surface area contributed by atoms with E-state index in [-0.39, 0.29) is 32.6 Å². The Balaban J connectivity index is 1.90. The number of ether oxygens (including phenoxy) is 1. The summed E-state index contributed by atoms with van der Waals surface area (Å²) < 4.78 is 35.8. The maximum Gasteiger partial charge on any atom is 0.258 e. The molecule has 0 amide bonds. The first-order valence-electron chi connectivity index (χ1n) is 10.2. The number of nitrogens with two attached hydrogens (primary N) is 1. The second kappa shape index (κ2) is 7.90. The first kappa shape index (κ1) is 21.5. The van der Waals surface area contributed by atoms with Crippen LogP contribution in [0, 0.1) is 0 Å². The van der Waals surface area contributed by atoms with Crippen molar-refractivity contribution < 1.29 is 13.2 Å². The average molecular weight is 523 g/mol. The van der Waals surface area contributed by atoms with Crippen LogP contribution in [0.1, 0.15) is 17.0 Å². The van der Waals surface area contributed by atoms with Gasteiger partial charge in [-0.3, -0.25) is 4.79 Å². The Labute approximate surface area is 199 Å². The van der Waals surface area contributed by atoms with Crippen LogP contribution in [-0.2, 0) is 16.9 Å². The number of para-hydroxylation sites is 1. The first-order chi connectivity index (χ1) is 15.8. The SMILES string of the molecule is Cn1c(=O)c2c(c3ccccc31)OC(N)=C(S(=O)(=O)c1ccccc1)[C@@H]2c1cccc(Br)c1. The van der Waals surface area contributed by atoms with Crippen molar-refractivity contribution in [3.8, 4) is 5.75 Å². The van der Waals surface area contributed by atoms with Crippen LogP contribution < -0.4 is 16.0 Å². The lowest BCUT2D eigenvalue weighted by molar-refractivity contribution is 0.397. The minimum absolute atomic E-state index is 0.0765. The molecular weight excluding hydrogens is 504 g/mol. The van der Waals surface area contributed by atoms with E-state index in [1.807, 2.05) is 30.3 Å². The van der Waals surface area contributed by atoms with Crippen molar-refractivity contribution in [3.05, 3.63) is 116 Å². The number of pyridine rings is 1. The van der Waals surface area contributed by atoms with Crippen molar-refractivity contribution >= 4 is 36.7 Å². The highest BCUT2D eigenvalue weighted by Gasteiger charge is 2.41. The highest BCUT2D eigenvalue weighted by Crippen LogP contribution is 2.47. The molecule has 2 N–H and O–H groups in total. The normalized spacial score (nSPS) is 15.9. The van der Waals surface area contributed by atoms with Crippen molar-refractivity contribution in [2.75, 3.05) is 0 Å². The Morgan fingerprint density at radius 1 is 0.970 bits per heavy atom. The van der Waals surface area contributed by atoms with Gasteiger partial charge in [-0.2, -0.15) is 0 Å². The fourth-order valence-corrected chi connectivity index (χ4v) is 6.36. The smallest absolute Gasteiger partial charge is 0.258 e. The zero-order valence-corrected chi connectivity index (χ0v) is 19.9. The number of allylic oxidation sites excluding steroid dienone is 1. The third-order valence-corrected chi connectivity index (χ3v) is 8.22. The molecule has 2 heterocycles. The van der Waals surface area contributed by atoms with Crippen LogP contribution in [0.25, 0.3) is 10.9 Å². The first-order valence-corrected chi connectivity index (χ1v) is 12.4. The Morgan fingerprint density at radius 2 is 1.67 bits per heavy atom. The van der Waals surface area contributed by atoms with Gasteiger partial charge in [0, 0.05) is 16.9 Å². The second-order valence-electron chi connectivity index (χ2n) is 7.76. The van der Waals surface area contributed by atoms with Gasteiger partial charge in [0.1, 0.15) is 10.7 Å². The highest BCUT2D eigenvalue weighted by atomic mass is 79.9. The third kappa shape index (κ3) is 3.37. The Hall–Kier alpha value is -3.36. The summed E-state index contributed by atoms with van der Waals surface area (Å²) in [4.78, 5) is 13.6. The fourth-order valence-electron chi connectivity index (χ4n) is 4.31. The summed E-state index contributed by atoms with van der Waals surface area (Å²) >= 11 is 3.46. The van der Waals surface area contributed by atoms with E-state index in [0.29, 0.717) is 16.5 Å². The van der Waals surface area contributed by atoms with Gasteiger partial charge in [-0.05, 0) is 42.0 Å². The molecule has 0 unspecified atom stereocenters. The number of nitrogens with zero attached hydrogens (tertiary/aromatic N) is 1. The molecule has 1 aliphatic heterocycles. The van der Waals surface area contributed by atoms with E-state index >= 15 is 0 Å². The molecule has 5 rings (SSSR count). The maximum atomic E-state index is 13.8. The van der Waals surface area contributed by atoms with Crippen LogP contribution >= 0.6 is 15.9 Å². The van der Waals surface area contributed by atoms with Gasteiger partial charge < -0.3 is 15.0 Å². The molecule has 0 spiro atoms. The van der Waals surface area contributed by atoms with Crippen molar-refractivity contribution in [3.63, 3.8) is 0 Å². The monoisotopic (exact) mass is 522 g/mol. The average Bonchev–Trinajstić information content (AvgIpc) is 2.82. The Bertz CT molecular complexity index is 1610. The molecule has 8 heteroatoms. The van der Waals surface area contributed by atoms with E-state index in [1.54, 1.807) is 43.4 Å². The molecule has 6 nitrogen and oxygen atoms in total. The highest BCUT2D eigenvalue weighted by molar-refractivity contribution is 9.10. The summed E-state index contributed by atoms with van der Waals surface area (Å²) in [6.45, 7) is 0. The summed E-state index contributed by atoms with van der Waals surface area (Å²) in [6.07, 6.45) is 0. The fraction of sp³-hybridized carbons (Fsp3) is 0.0800. The summed E-state index contributed by atoms with van der Waals surface area (Å²) in [7, 11) is -2.42. The van der Waals surface area contributed by atoms with E-state index < -0.39 is 15.8 Å². The van der Waals surface area contributed by atoms with Crippen LogP contribution in [0.2, 0.25) is 0 Å². The van der Waals surface area contributed by atoms with Gasteiger partial charge >= 0.3 is 0 Å². The topological polar surface area (TPSA) is 91.4 Å². The largest absolute Gasteiger partial charge is 0.439 e. The van der Waals surface area contributed by atoms with Crippen molar-refractivity contribution in [1.29, 1.82) is 0 Å². The molecule has 1 aliphatic rings. The van der Waals surface area contributed by atoms with Gasteiger partial charge in [-0.25, -0.2) is 8.42 Å². The number of aromatic nitrogens is 1. The van der Waals surface area contributed by atoms with E-state index in [2.05, 4.69) is 15.9 Å². The van der Waals surface area contributed by atoms with Crippen LogP contribution in [0.3, 0.4) is 0 Å². The number of halogens is 1. The standard InChI is InChI=1S/C25H19BrN2O4S/c1-28-19-13-6-5-12-18(19)22-21(25(28)29)20(15-8-7-9-16(26)14-15)23(24(27)32-22)33(30,31)17-10-3-2-4-11-17/h2-14,20H,27H2,1H3/t20-/m1/s1. The van der Waals surface area contributed by atoms with Gasteiger partial charge in [-0.1, -0.05) is 58.4 Å². The van der Waals surface area contributed by atoms with Gasteiger partial charge in [0.2, 0.25) is 15.7 Å². The van der Waals surface area contributed by atoms with Gasteiger partial charge in [0.25, 0.3) is 5.56 Å². The van der Waals surface area contributed by atoms with Gasteiger partial charge in [0.15, 0.2) is 0 Å². The summed E-state index contributed by atoms with van der Waals surface area (Å²) in [5.74, 6) is -0.905. The third-order valence-electron chi connectivity index (χ3n) is 5.82. The molecule has 166 valence electrons. The molecule has 0 fully saturated rings. The molecule has 0 bridgehead atoms.